The van der Waals surface area contributed by atoms with E-state index in [9.17, 15) is 13.9 Å². The summed E-state index contributed by atoms with van der Waals surface area (Å²) in [6, 6.07) is 3.15. The van der Waals surface area contributed by atoms with Gasteiger partial charge in [-0.3, -0.25) is 0 Å². The molecule has 0 radical (unpaired) electrons. The summed E-state index contributed by atoms with van der Waals surface area (Å²) in [6.07, 6.45) is 2.57. The fourth-order valence-corrected chi connectivity index (χ4v) is 1.81. The van der Waals surface area contributed by atoms with Crippen molar-refractivity contribution in [2.24, 2.45) is 0 Å². The average Bonchev–Trinajstić information content (AvgIpc) is 2.16. The molecule has 84 valence electrons. The van der Waals surface area contributed by atoms with Crippen LogP contribution in [0.15, 0.2) is 18.2 Å². The van der Waals surface area contributed by atoms with Crippen molar-refractivity contribution in [2.75, 3.05) is 12.0 Å². The SMILES string of the molecule is CSCCCC(O)c1cc(F)cc(F)c1. The van der Waals surface area contributed by atoms with E-state index in [1.165, 1.54) is 12.1 Å². The van der Waals surface area contributed by atoms with Gasteiger partial charge in [0.1, 0.15) is 11.6 Å². The van der Waals surface area contributed by atoms with Gasteiger partial charge in [-0.05, 0) is 42.5 Å². The Morgan fingerprint density at radius 3 is 2.40 bits per heavy atom. The maximum Gasteiger partial charge on any atom is 0.126 e. The van der Waals surface area contributed by atoms with E-state index in [-0.39, 0.29) is 0 Å². The van der Waals surface area contributed by atoms with Crippen LogP contribution in [-0.2, 0) is 0 Å². The van der Waals surface area contributed by atoms with Crippen molar-refractivity contribution in [3.05, 3.63) is 35.4 Å². The minimum atomic E-state index is -0.776. The molecule has 0 fully saturated rings. The van der Waals surface area contributed by atoms with Crippen LogP contribution in [0.1, 0.15) is 24.5 Å². The first-order chi connectivity index (χ1) is 7.13. The normalized spacial score (nSPS) is 12.8. The minimum absolute atomic E-state index is 0.314. The van der Waals surface area contributed by atoms with Crippen LogP contribution in [0.2, 0.25) is 0 Å². The van der Waals surface area contributed by atoms with E-state index >= 15 is 0 Å². The Hall–Kier alpha value is -0.610. The van der Waals surface area contributed by atoms with Gasteiger partial charge in [0.15, 0.2) is 0 Å². The Labute approximate surface area is 92.5 Å². The molecule has 0 aliphatic heterocycles. The summed E-state index contributed by atoms with van der Waals surface area (Å²) in [5, 5.41) is 9.65. The molecule has 1 aromatic rings. The smallest absolute Gasteiger partial charge is 0.126 e. The third-order valence-corrected chi connectivity index (χ3v) is 2.79. The van der Waals surface area contributed by atoms with Crippen LogP contribution in [0.25, 0.3) is 0 Å². The van der Waals surface area contributed by atoms with Gasteiger partial charge in [0, 0.05) is 6.07 Å². The zero-order valence-electron chi connectivity index (χ0n) is 8.54. The van der Waals surface area contributed by atoms with Crippen molar-refractivity contribution in [3.8, 4) is 0 Å². The van der Waals surface area contributed by atoms with Crippen molar-refractivity contribution in [2.45, 2.75) is 18.9 Å². The van der Waals surface area contributed by atoms with Gasteiger partial charge in [0.2, 0.25) is 0 Å². The number of rotatable bonds is 5. The van der Waals surface area contributed by atoms with E-state index in [0.29, 0.717) is 12.0 Å². The molecule has 4 heteroatoms. The second kappa shape index (κ2) is 6.08. The zero-order valence-corrected chi connectivity index (χ0v) is 9.36. The lowest BCUT2D eigenvalue weighted by Gasteiger charge is -2.10. The molecule has 1 atom stereocenters. The molecule has 0 saturated heterocycles. The standard InChI is InChI=1S/C11H14F2OS/c1-15-4-2-3-11(14)8-5-9(12)7-10(13)6-8/h5-7,11,14H,2-4H2,1H3. The maximum atomic E-state index is 12.8. The molecule has 0 spiro atoms. The molecule has 1 N–H and O–H groups in total. The zero-order chi connectivity index (χ0) is 11.3. The lowest BCUT2D eigenvalue weighted by molar-refractivity contribution is 0.166. The number of hydrogen-bond acceptors (Lipinski definition) is 2. The monoisotopic (exact) mass is 232 g/mol. The van der Waals surface area contributed by atoms with E-state index in [0.717, 1.165) is 18.2 Å². The molecular formula is C11H14F2OS. The quantitative estimate of drug-likeness (QED) is 0.787. The van der Waals surface area contributed by atoms with Gasteiger partial charge in [-0.15, -0.1) is 0 Å². The molecule has 0 heterocycles. The van der Waals surface area contributed by atoms with E-state index in [2.05, 4.69) is 0 Å². The van der Waals surface area contributed by atoms with E-state index in [1.54, 1.807) is 11.8 Å². The number of hydrogen-bond donors (Lipinski definition) is 1. The Kier molecular flexibility index (Phi) is 5.05. The first-order valence-corrected chi connectivity index (χ1v) is 6.16. The number of thioether (sulfide) groups is 1. The number of halogens is 2. The Balaban J connectivity index is 2.60. The molecule has 0 aliphatic carbocycles. The van der Waals surface area contributed by atoms with Crippen molar-refractivity contribution in [3.63, 3.8) is 0 Å². The number of aliphatic hydroxyl groups is 1. The van der Waals surface area contributed by atoms with Crippen LogP contribution in [0.3, 0.4) is 0 Å². The summed E-state index contributed by atoms with van der Waals surface area (Å²) >= 11 is 1.69. The second-order valence-electron chi connectivity index (χ2n) is 3.35. The van der Waals surface area contributed by atoms with Gasteiger partial charge in [0.05, 0.1) is 6.10 Å². The average molecular weight is 232 g/mol. The van der Waals surface area contributed by atoms with Gasteiger partial charge in [0.25, 0.3) is 0 Å². The Morgan fingerprint density at radius 1 is 1.27 bits per heavy atom. The Morgan fingerprint density at radius 2 is 1.87 bits per heavy atom. The van der Waals surface area contributed by atoms with E-state index in [4.69, 9.17) is 0 Å². The fourth-order valence-electron chi connectivity index (χ4n) is 1.36. The van der Waals surface area contributed by atoms with Crippen molar-refractivity contribution in [1.29, 1.82) is 0 Å². The van der Waals surface area contributed by atoms with Crippen molar-refractivity contribution >= 4 is 11.8 Å². The van der Waals surface area contributed by atoms with Crippen molar-refractivity contribution in [1.82, 2.24) is 0 Å². The van der Waals surface area contributed by atoms with Crippen LogP contribution in [-0.4, -0.2) is 17.1 Å². The van der Waals surface area contributed by atoms with E-state index in [1.807, 2.05) is 6.26 Å². The largest absolute Gasteiger partial charge is 0.388 e. The summed E-state index contributed by atoms with van der Waals surface area (Å²) in [5.41, 5.74) is 0.314. The summed E-state index contributed by atoms with van der Waals surface area (Å²) in [4.78, 5) is 0. The third-order valence-electron chi connectivity index (χ3n) is 2.10. The van der Waals surface area contributed by atoms with Crippen LogP contribution < -0.4 is 0 Å². The number of aliphatic hydroxyl groups excluding tert-OH is 1. The molecule has 0 bridgehead atoms. The van der Waals surface area contributed by atoms with Gasteiger partial charge < -0.3 is 5.11 Å². The maximum absolute atomic E-state index is 12.8. The van der Waals surface area contributed by atoms with Gasteiger partial charge in [-0.2, -0.15) is 11.8 Å². The lowest BCUT2D eigenvalue weighted by Crippen LogP contribution is -1.99. The second-order valence-corrected chi connectivity index (χ2v) is 4.34. The summed E-state index contributed by atoms with van der Waals surface area (Å²) in [7, 11) is 0. The molecule has 0 aromatic heterocycles. The molecule has 0 aliphatic rings. The van der Waals surface area contributed by atoms with Crippen LogP contribution in [0.5, 0.6) is 0 Å². The predicted octanol–water partition coefficient (Wildman–Crippen LogP) is 3.14. The summed E-state index contributed by atoms with van der Waals surface area (Å²) in [5.74, 6) is -0.350. The molecule has 1 rings (SSSR count). The number of benzene rings is 1. The Bertz CT molecular complexity index is 297. The molecule has 1 nitrogen and oxygen atoms in total. The van der Waals surface area contributed by atoms with Crippen molar-refractivity contribution < 1.29 is 13.9 Å². The third kappa shape index (κ3) is 4.18. The minimum Gasteiger partial charge on any atom is -0.388 e. The van der Waals surface area contributed by atoms with Gasteiger partial charge in [-0.25, -0.2) is 8.78 Å². The topological polar surface area (TPSA) is 20.2 Å². The van der Waals surface area contributed by atoms with Crippen LogP contribution in [0, 0.1) is 11.6 Å². The molecule has 15 heavy (non-hydrogen) atoms. The predicted molar refractivity (Wildman–Crippen MR) is 58.9 cm³/mol. The first-order valence-electron chi connectivity index (χ1n) is 4.76. The highest BCUT2D eigenvalue weighted by molar-refractivity contribution is 7.98. The molecule has 1 aromatic carbocycles. The highest BCUT2D eigenvalue weighted by atomic mass is 32.2. The fraction of sp³-hybridized carbons (Fsp3) is 0.455. The van der Waals surface area contributed by atoms with Crippen LogP contribution >= 0.6 is 11.8 Å². The highest BCUT2D eigenvalue weighted by Crippen LogP contribution is 2.21. The van der Waals surface area contributed by atoms with Crippen LogP contribution in [0.4, 0.5) is 8.78 Å². The van der Waals surface area contributed by atoms with Gasteiger partial charge >= 0.3 is 0 Å². The summed E-state index contributed by atoms with van der Waals surface area (Å²) in [6.45, 7) is 0. The molecule has 0 saturated carbocycles. The van der Waals surface area contributed by atoms with Gasteiger partial charge in [-0.1, -0.05) is 0 Å². The van der Waals surface area contributed by atoms with E-state index < -0.39 is 17.7 Å². The molecular weight excluding hydrogens is 218 g/mol. The highest BCUT2D eigenvalue weighted by Gasteiger charge is 2.09. The molecule has 1 unspecified atom stereocenters. The summed E-state index contributed by atoms with van der Waals surface area (Å²) < 4.78 is 25.6. The lowest BCUT2D eigenvalue weighted by atomic mass is 10.1. The molecule has 0 amide bonds. The first kappa shape index (κ1) is 12.5.